The van der Waals surface area contributed by atoms with Gasteiger partial charge in [-0.15, -0.1) is 0 Å². The van der Waals surface area contributed by atoms with Gasteiger partial charge >= 0.3 is 0 Å². The Morgan fingerprint density at radius 3 is 3.00 bits per heavy atom. The van der Waals surface area contributed by atoms with Gasteiger partial charge < -0.3 is 0 Å². The molecule has 0 radical (unpaired) electrons. The van der Waals surface area contributed by atoms with Crippen molar-refractivity contribution in [1.29, 1.82) is 0 Å². The first-order chi connectivity index (χ1) is 6.20. The zero-order valence-corrected chi connectivity index (χ0v) is 9.12. The van der Waals surface area contributed by atoms with E-state index in [9.17, 15) is 4.79 Å². The summed E-state index contributed by atoms with van der Waals surface area (Å²) in [5.74, 6) is 0. The van der Waals surface area contributed by atoms with Crippen molar-refractivity contribution in [3.8, 4) is 0 Å². The molecule has 2 rings (SSSR count). The number of hydrogen-bond donors (Lipinski definition) is 1. The monoisotopic (exact) mass is 286 g/mol. The van der Waals surface area contributed by atoms with Crippen molar-refractivity contribution < 1.29 is 0 Å². The van der Waals surface area contributed by atoms with Gasteiger partial charge in [0.15, 0.2) is 0 Å². The van der Waals surface area contributed by atoms with Crippen LogP contribution in [0.3, 0.4) is 0 Å². The van der Waals surface area contributed by atoms with Crippen LogP contribution in [0.1, 0.15) is 5.69 Å². The molecule has 0 unspecified atom stereocenters. The minimum Gasteiger partial charge on any atom is -0.286 e. The zero-order valence-electron chi connectivity index (χ0n) is 6.97. The number of hydrogen-bond acceptors (Lipinski definition) is 2. The van der Waals surface area contributed by atoms with Gasteiger partial charge in [-0.1, -0.05) is 12.1 Å². The van der Waals surface area contributed by atoms with Gasteiger partial charge in [-0.05, 0) is 35.6 Å². The van der Waals surface area contributed by atoms with Crippen LogP contribution in [0.2, 0.25) is 0 Å². The Labute approximate surface area is 88.3 Å². The summed E-state index contributed by atoms with van der Waals surface area (Å²) in [6.45, 7) is 1.90. The van der Waals surface area contributed by atoms with E-state index < -0.39 is 0 Å². The summed E-state index contributed by atoms with van der Waals surface area (Å²) >= 11 is 2.02. The molecular formula is C9H7IN2O. The molecule has 13 heavy (non-hydrogen) atoms. The van der Waals surface area contributed by atoms with Crippen molar-refractivity contribution in [2.45, 2.75) is 6.92 Å². The van der Waals surface area contributed by atoms with Crippen molar-refractivity contribution in [3.05, 3.63) is 37.7 Å². The van der Waals surface area contributed by atoms with Gasteiger partial charge in [0.25, 0.3) is 0 Å². The minimum absolute atomic E-state index is 0.00931. The van der Waals surface area contributed by atoms with Crippen molar-refractivity contribution >= 4 is 33.5 Å². The summed E-state index contributed by atoms with van der Waals surface area (Å²) in [6, 6.07) is 5.57. The van der Waals surface area contributed by atoms with Gasteiger partial charge in [0.2, 0.25) is 5.43 Å². The van der Waals surface area contributed by atoms with Gasteiger partial charge in [-0.25, -0.2) is 0 Å². The van der Waals surface area contributed by atoms with Gasteiger partial charge in [0, 0.05) is 11.1 Å². The lowest BCUT2D eigenvalue weighted by molar-refractivity contribution is 1.06. The molecule has 1 heterocycles. The fourth-order valence-corrected chi connectivity index (χ4v) is 1.70. The number of halogens is 1. The van der Waals surface area contributed by atoms with Crippen LogP contribution >= 0.6 is 22.6 Å². The second-order valence-electron chi connectivity index (χ2n) is 2.81. The van der Waals surface area contributed by atoms with Gasteiger partial charge in [0.05, 0.1) is 3.57 Å². The number of aromatic amines is 1. The van der Waals surface area contributed by atoms with Crippen LogP contribution in [0.25, 0.3) is 10.9 Å². The molecule has 1 aromatic carbocycles. The highest BCUT2D eigenvalue weighted by Crippen LogP contribution is 2.11. The summed E-state index contributed by atoms with van der Waals surface area (Å²) < 4.78 is 0.694. The van der Waals surface area contributed by atoms with Gasteiger partial charge in [0.1, 0.15) is 5.52 Å². The van der Waals surface area contributed by atoms with E-state index in [0.29, 0.717) is 9.09 Å². The Bertz CT molecular complexity index is 518. The fraction of sp³-hybridized carbons (Fsp3) is 0.111. The maximum absolute atomic E-state index is 11.7. The average molecular weight is 286 g/mol. The highest BCUT2D eigenvalue weighted by atomic mass is 127. The molecule has 0 aliphatic carbocycles. The SMILES string of the molecule is Cc1[nH]nc2c(=O)c(I)cccc12. The quantitative estimate of drug-likeness (QED) is 0.751. The van der Waals surface area contributed by atoms with Crippen LogP contribution in [-0.4, -0.2) is 10.2 Å². The maximum Gasteiger partial charge on any atom is 0.219 e. The van der Waals surface area contributed by atoms with Crippen molar-refractivity contribution in [3.63, 3.8) is 0 Å². The van der Waals surface area contributed by atoms with E-state index in [1.165, 1.54) is 0 Å². The lowest BCUT2D eigenvalue weighted by Crippen LogP contribution is -2.01. The Balaban J connectivity index is 3.08. The zero-order chi connectivity index (χ0) is 9.42. The molecule has 3 nitrogen and oxygen atoms in total. The molecule has 66 valence electrons. The molecule has 0 aliphatic heterocycles. The van der Waals surface area contributed by atoms with Crippen LogP contribution in [-0.2, 0) is 0 Å². The number of aryl methyl sites for hydroxylation is 1. The third-order valence-electron chi connectivity index (χ3n) is 1.93. The summed E-state index contributed by atoms with van der Waals surface area (Å²) in [4.78, 5) is 11.7. The van der Waals surface area contributed by atoms with Crippen molar-refractivity contribution in [2.75, 3.05) is 0 Å². The standard InChI is InChI=1S/C9H7IN2O/c1-5-6-3-2-4-7(10)9(13)8(6)12-11-5/h2-4H,1H3,(H,11,12). The number of nitrogens with one attached hydrogen (secondary N) is 1. The molecule has 0 saturated heterocycles. The molecule has 0 fully saturated rings. The van der Waals surface area contributed by atoms with Gasteiger partial charge in [-0.3, -0.25) is 9.89 Å². The minimum atomic E-state index is -0.00931. The first-order valence-corrected chi connectivity index (χ1v) is 4.91. The number of aromatic nitrogens is 2. The Hall–Kier alpha value is -0.910. The predicted octanol–water partition coefficient (Wildman–Crippen LogP) is 1.84. The highest BCUT2D eigenvalue weighted by Gasteiger charge is 2.04. The van der Waals surface area contributed by atoms with Crippen LogP contribution in [0, 0.1) is 10.5 Å². The van der Waals surface area contributed by atoms with Gasteiger partial charge in [-0.2, -0.15) is 5.10 Å². The summed E-state index contributed by atoms with van der Waals surface area (Å²) in [5, 5.41) is 7.68. The topological polar surface area (TPSA) is 45.8 Å². The van der Waals surface area contributed by atoms with Crippen LogP contribution in [0.4, 0.5) is 0 Å². The molecular weight excluding hydrogens is 279 g/mol. The molecule has 0 spiro atoms. The fourth-order valence-electron chi connectivity index (χ4n) is 1.23. The molecule has 4 heteroatoms. The predicted molar refractivity (Wildman–Crippen MR) is 59.8 cm³/mol. The molecule has 0 bridgehead atoms. The third-order valence-corrected chi connectivity index (χ3v) is 2.78. The lowest BCUT2D eigenvalue weighted by atomic mass is 10.3. The second kappa shape index (κ2) is 3.10. The number of nitrogens with zero attached hydrogens (tertiary/aromatic N) is 1. The van der Waals surface area contributed by atoms with Crippen molar-refractivity contribution in [1.82, 2.24) is 10.2 Å². The highest BCUT2D eigenvalue weighted by molar-refractivity contribution is 14.1. The molecule has 0 aliphatic rings. The van der Waals surface area contributed by atoms with Crippen LogP contribution in [0.15, 0.2) is 23.0 Å². The van der Waals surface area contributed by atoms with Crippen LogP contribution < -0.4 is 5.43 Å². The first kappa shape index (κ1) is 8.68. The molecule has 1 aromatic heterocycles. The molecule has 0 saturated carbocycles. The first-order valence-electron chi connectivity index (χ1n) is 3.83. The molecule has 0 amide bonds. The van der Waals surface area contributed by atoms with E-state index in [0.717, 1.165) is 11.1 Å². The van der Waals surface area contributed by atoms with Crippen LogP contribution in [0.5, 0.6) is 0 Å². The van der Waals surface area contributed by atoms with E-state index in [4.69, 9.17) is 0 Å². The summed E-state index contributed by atoms with van der Waals surface area (Å²) in [5.41, 5.74) is 1.44. The van der Waals surface area contributed by atoms with E-state index in [1.54, 1.807) is 6.07 Å². The molecule has 2 aromatic rings. The number of fused-ring (bicyclic) bond motifs is 1. The van der Waals surface area contributed by atoms with E-state index >= 15 is 0 Å². The average Bonchev–Trinajstić information content (AvgIpc) is 2.40. The Morgan fingerprint density at radius 1 is 1.46 bits per heavy atom. The Kier molecular flexibility index (Phi) is 2.07. The summed E-state index contributed by atoms with van der Waals surface area (Å²) in [7, 11) is 0. The largest absolute Gasteiger partial charge is 0.286 e. The number of rotatable bonds is 0. The van der Waals surface area contributed by atoms with E-state index in [2.05, 4.69) is 10.2 Å². The normalized spacial score (nSPS) is 10.6. The second-order valence-corrected chi connectivity index (χ2v) is 3.98. The lowest BCUT2D eigenvalue weighted by Gasteiger charge is -1.79. The third kappa shape index (κ3) is 1.35. The maximum atomic E-state index is 11.7. The smallest absolute Gasteiger partial charge is 0.219 e. The molecule has 1 N–H and O–H groups in total. The molecule has 0 atom stereocenters. The van der Waals surface area contributed by atoms with E-state index in [1.807, 2.05) is 41.6 Å². The summed E-state index contributed by atoms with van der Waals surface area (Å²) in [6.07, 6.45) is 0. The van der Waals surface area contributed by atoms with Crippen molar-refractivity contribution in [2.24, 2.45) is 0 Å². The Morgan fingerprint density at radius 2 is 2.23 bits per heavy atom. The number of H-pyrrole nitrogens is 1. The van der Waals surface area contributed by atoms with E-state index in [-0.39, 0.29) is 5.43 Å².